The molecule has 5 heteroatoms. The molecular weight excluding hydrogens is 268 g/mol. The first-order valence-electron chi connectivity index (χ1n) is 6.11. The molecule has 0 amide bonds. The van der Waals surface area contributed by atoms with E-state index in [4.69, 9.17) is 0 Å². The molecule has 0 saturated carbocycles. The SMILES string of the molecule is C=CCSCCNC(C)c1ccccc1OC(F)F. The van der Waals surface area contributed by atoms with Crippen LogP contribution in [0.1, 0.15) is 18.5 Å². The minimum atomic E-state index is -2.79. The topological polar surface area (TPSA) is 21.3 Å². The highest BCUT2D eigenvalue weighted by atomic mass is 32.2. The zero-order valence-corrected chi connectivity index (χ0v) is 11.8. The number of hydrogen-bond donors (Lipinski definition) is 1. The van der Waals surface area contributed by atoms with E-state index in [0.717, 1.165) is 23.6 Å². The number of ether oxygens (including phenoxy) is 1. The Morgan fingerprint density at radius 2 is 2.16 bits per heavy atom. The van der Waals surface area contributed by atoms with Crippen molar-refractivity contribution >= 4 is 11.8 Å². The highest BCUT2D eigenvalue weighted by Gasteiger charge is 2.13. The van der Waals surface area contributed by atoms with E-state index in [1.807, 2.05) is 19.1 Å². The van der Waals surface area contributed by atoms with Crippen LogP contribution in [0.3, 0.4) is 0 Å². The molecule has 1 atom stereocenters. The Hall–Kier alpha value is -1.07. The number of halogens is 2. The van der Waals surface area contributed by atoms with Gasteiger partial charge in [0.25, 0.3) is 0 Å². The first-order valence-corrected chi connectivity index (χ1v) is 7.26. The van der Waals surface area contributed by atoms with Crippen LogP contribution in [-0.4, -0.2) is 24.7 Å². The van der Waals surface area contributed by atoms with Gasteiger partial charge in [0.15, 0.2) is 0 Å². The summed E-state index contributed by atoms with van der Waals surface area (Å²) in [6, 6.07) is 6.84. The maximum Gasteiger partial charge on any atom is 0.387 e. The van der Waals surface area contributed by atoms with E-state index in [0.29, 0.717) is 0 Å². The third-order valence-electron chi connectivity index (χ3n) is 2.53. The van der Waals surface area contributed by atoms with Crippen LogP contribution in [0.15, 0.2) is 36.9 Å². The van der Waals surface area contributed by atoms with E-state index in [1.54, 1.807) is 30.0 Å². The smallest absolute Gasteiger partial charge is 0.387 e. The van der Waals surface area contributed by atoms with Crippen molar-refractivity contribution in [2.45, 2.75) is 19.6 Å². The molecule has 2 nitrogen and oxygen atoms in total. The van der Waals surface area contributed by atoms with Gasteiger partial charge in [-0.25, -0.2) is 0 Å². The number of benzene rings is 1. The molecule has 0 heterocycles. The van der Waals surface area contributed by atoms with Gasteiger partial charge in [0, 0.05) is 29.7 Å². The second kappa shape index (κ2) is 8.93. The van der Waals surface area contributed by atoms with Gasteiger partial charge in [-0.15, -0.1) is 6.58 Å². The van der Waals surface area contributed by atoms with Gasteiger partial charge in [-0.1, -0.05) is 24.3 Å². The Morgan fingerprint density at radius 3 is 2.84 bits per heavy atom. The first kappa shape index (κ1) is 16.0. The quantitative estimate of drug-likeness (QED) is 0.550. The van der Waals surface area contributed by atoms with Crippen molar-refractivity contribution in [3.8, 4) is 5.75 Å². The van der Waals surface area contributed by atoms with Crippen LogP contribution in [0.2, 0.25) is 0 Å². The Labute approximate surface area is 117 Å². The molecule has 1 aromatic carbocycles. The molecule has 0 aromatic heterocycles. The third kappa shape index (κ3) is 6.07. The molecule has 1 rings (SSSR count). The van der Waals surface area contributed by atoms with Crippen molar-refractivity contribution < 1.29 is 13.5 Å². The summed E-state index contributed by atoms with van der Waals surface area (Å²) < 4.78 is 29.1. The van der Waals surface area contributed by atoms with Crippen LogP contribution in [0.4, 0.5) is 8.78 Å². The van der Waals surface area contributed by atoms with Gasteiger partial charge in [0.05, 0.1) is 0 Å². The highest BCUT2D eigenvalue weighted by Crippen LogP contribution is 2.26. The molecule has 1 unspecified atom stereocenters. The summed E-state index contributed by atoms with van der Waals surface area (Å²) in [5.74, 6) is 2.10. The average Bonchev–Trinajstić information content (AvgIpc) is 2.38. The molecule has 0 aliphatic rings. The van der Waals surface area contributed by atoms with Crippen LogP contribution >= 0.6 is 11.8 Å². The van der Waals surface area contributed by atoms with Crippen molar-refractivity contribution in [2.24, 2.45) is 0 Å². The van der Waals surface area contributed by atoms with E-state index in [9.17, 15) is 8.78 Å². The minimum Gasteiger partial charge on any atom is -0.434 e. The average molecular weight is 287 g/mol. The monoisotopic (exact) mass is 287 g/mol. The molecule has 0 radical (unpaired) electrons. The Kier molecular flexibility index (Phi) is 7.52. The lowest BCUT2D eigenvalue weighted by Crippen LogP contribution is -2.22. The largest absolute Gasteiger partial charge is 0.434 e. The predicted octanol–water partition coefficient (Wildman–Crippen LogP) is 3.86. The van der Waals surface area contributed by atoms with Gasteiger partial charge in [0.2, 0.25) is 0 Å². The van der Waals surface area contributed by atoms with Crippen LogP contribution in [0.5, 0.6) is 5.75 Å². The van der Waals surface area contributed by atoms with Crippen LogP contribution in [0.25, 0.3) is 0 Å². The Balaban J connectivity index is 2.51. The van der Waals surface area contributed by atoms with Gasteiger partial charge >= 0.3 is 6.61 Å². The van der Waals surface area contributed by atoms with Gasteiger partial charge in [-0.3, -0.25) is 0 Å². The number of alkyl halides is 2. The van der Waals surface area contributed by atoms with E-state index >= 15 is 0 Å². The molecule has 106 valence electrons. The summed E-state index contributed by atoms with van der Waals surface area (Å²) >= 11 is 1.77. The molecule has 0 saturated heterocycles. The number of nitrogens with one attached hydrogen (secondary N) is 1. The van der Waals surface area contributed by atoms with Crippen molar-refractivity contribution in [3.05, 3.63) is 42.5 Å². The van der Waals surface area contributed by atoms with Crippen LogP contribution in [-0.2, 0) is 0 Å². The van der Waals surface area contributed by atoms with Crippen molar-refractivity contribution in [2.75, 3.05) is 18.1 Å². The van der Waals surface area contributed by atoms with E-state index in [-0.39, 0.29) is 11.8 Å². The standard InChI is InChI=1S/C14H19F2NOS/c1-3-9-19-10-8-17-11(2)12-6-4-5-7-13(12)18-14(15)16/h3-7,11,14,17H,1,8-10H2,2H3. The van der Waals surface area contributed by atoms with Crippen LogP contribution < -0.4 is 10.1 Å². The molecular formula is C14H19F2NOS. The van der Waals surface area contributed by atoms with Gasteiger partial charge < -0.3 is 10.1 Å². The molecule has 0 spiro atoms. The fourth-order valence-electron chi connectivity index (χ4n) is 1.67. The molecule has 0 aliphatic carbocycles. The summed E-state index contributed by atoms with van der Waals surface area (Å²) in [5.41, 5.74) is 0.747. The maximum absolute atomic E-state index is 12.3. The van der Waals surface area contributed by atoms with Crippen molar-refractivity contribution in [1.82, 2.24) is 5.32 Å². The first-order chi connectivity index (χ1) is 9.15. The van der Waals surface area contributed by atoms with E-state index < -0.39 is 6.61 Å². The Bertz CT molecular complexity index is 387. The van der Waals surface area contributed by atoms with E-state index in [2.05, 4.69) is 16.6 Å². The fraction of sp³-hybridized carbons (Fsp3) is 0.429. The molecule has 19 heavy (non-hydrogen) atoms. The summed E-state index contributed by atoms with van der Waals surface area (Å²) in [5, 5.41) is 3.29. The summed E-state index contributed by atoms with van der Waals surface area (Å²) in [4.78, 5) is 0. The molecule has 1 aromatic rings. The zero-order valence-electron chi connectivity index (χ0n) is 10.9. The Morgan fingerprint density at radius 1 is 1.42 bits per heavy atom. The molecule has 0 bridgehead atoms. The molecule has 1 N–H and O–H groups in total. The van der Waals surface area contributed by atoms with E-state index in [1.165, 1.54) is 0 Å². The lowest BCUT2D eigenvalue weighted by molar-refractivity contribution is -0.0506. The number of rotatable bonds is 9. The summed E-state index contributed by atoms with van der Waals surface area (Å²) in [7, 11) is 0. The predicted molar refractivity (Wildman–Crippen MR) is 77.0 cm³/mol. The highest BCUT2D eigenvalue weighted by molar-refractivity contribution is 7.99. The molecule has 0 aliphatic heterocycles. The minimum absolute atomic E-state index is 0.0284. The lowest BCUT2D eigenvalue weighted by atomic mass is 10.1. The third-order valence-corrected chi connectivity index (χ3v) is 3.50. The van der Waals surface area contributed by atoms with Gasteiger partial charge in [-0.05, 0) is 13.0 Å². The zero-order chi connectivity index (χ0) is 14.1. The summed E-state index contributed by atoms with van der Waals surface area (Å²) in [6.07, 6.45) is 1.86. The second-order valence-corrected chi connectivity index (χ2v) is 5.11. The number of hydrogen-bond acceptors (Lipinski definition) is 3. The van der Waals surface area contributed by atoms with Crippen molar-refractivity contribution in [3.63, 3.8) is 0 Å². The lowest BCUT2D eigenvalue weighted by Gasteiger charge is -2.17. The number of thioether (sulfide) groups is 1. The number of para-hydroxylation sites is 1. The normalized spacial score (nSPS) is 12.4. The maximum atomic E-state index is 12.3. The molecule has 0 fully saturated rings. The van der Waals surface area contributed by atoms with Gasteiger partial charge in [0.1, 0.15) is 5.75 Å². The summed E-state index contributed by atoms with van der Waals surface area (Å²) in [6.45, 7) is 3.60. The second-order valence-electron chi connectivity index (χ2n) is 3.96. The fourth-order valence-corrected chi connectivity index (χ4v) is 2.26. The van der Waals surface area contributed by atoms with Crippen LogP contribution in [0, 0.1) is 0 Å². The van der Waals surface area contributed by atoms with Crippen molar-refractivity contribution in [1.29, 1.82) is 0 Å². The van der Waals surface area contributed by atoms with Gasteiger partial charge in [-0.2, -0.15) is 20.5 Å².